The molecule has 0 aliphatic heterocycles. The van der Waals surface area contributed by atoms with Crippen LogP contribution in [0.2, 0.25) is 0 Å². The number of nitrogens with two attached hydrogens (primary N) is 1. The van der Waals surface area contributed by atoms with Crippen LogP contribution in [0.5, 0.6) is 0 Å². The Kier molecular flexibility index (Phi) is 5.82. The molecule has 0 spiro atoms. The molecule has 0 heterocycles. The van der Waals surface area contributed by atoms with Gasteiger partial charge in [-0.1, -0.05) is 37.3 Å². The molecule has 0 amide bonds. The Morgan fingerprint density at radius 3 is 2.50 bits per heavy atom. The highest BCUT2D eigenvalue weighted by Crippen LogP contribution is 2.20. The molecule has 4 heteroatoms. The molecular formula is C14H21NO3. The molecule has 100 valence electrons. The van der Waals surface area contributed by atoms with Crippen molar-refractivity contribution in [2.24, 2.45) is 5.73 Å². The van der Waals surface area contributed by atoms with Crippen LogP contribution < -0.4 is 5.73 Å². The highest BCUT2D eigenvalue weighted by molar-refractivity contribution is 5.82. The minimum absolute atomic E-state index is 0.129. The van der Waals surface area contributed by atoms with E-state index in [1.165, 1.54) is 0 Å². The van der Waals surface area contributed by atoms with Crippen molar-refractivity contribution in [1.29, 1.82) is 0 Å². The van der Waals surface area contributed by atoms with Crippen LogP contribution in [-0.4, -0.2) is 25.8 Å². The van der Waals surface area contributed by atoms with Crippen molar-refractivity contribution in [2.45, 2.75) is 25.8 Å². The molecule has 1 aromatic carbocycles. The molecule has 1 rings (SSSR count). The summed E-state index contributed by atoms with van der Waals surface area (Å²) in [5.74, 6) is -0.452. The fourth-order valence-electron chi connectivity index (χ4n) is 1.63. The van der Waals surface area contributed by atoms with E-state index in [-0.39, 0.29) is 6.61 Å². The summed E-state index contributed by atoms with van der Waals surface area (Å²) >= 11 is 0. The van der Waals surface area contributed by atoms with Crippen molar-refractivity contribution in [2.75, 3.05) is 19.8 Å². The summed E-state index contributed by atoms with van der Waals surface area (Å²) in [6.07, 6.45) is 0.883. The summed E-state index contributed by atoms with van der Waals surface area (Å²) in [6, 6.07) is 9.19. The summed E-state index contributed by atoms with van der Waals surface area (Å²) in [5.41, 5.74) is 5.67. The van der Waals surface area contributed by atoms with Gasteiger partial charge in [0.05, 0.1) is 13.2 Å². The van der Waals surface area contributed by atoms with Crippen molar-refractivity contribution in [3.63, 3.8) is 0 Å². The molecule has 0 aromatic heterocycles. The fraction of sp³-hybridized carbons (Fsp3) is 0.500. The van der Waals surface area contributed by atoms with Gasteiger partial charge in [-0.25, -0.2) is 4.79 Å². The second-order valence-corrected chi connectivity index (χ2v) is 4.11. The van der Waals surface area contributed by atoms with E-state index in [4.69, 9.17) is 15.2 Å². The van der Waals surface area contributed by atoms with Gasteiger partial charge in [0, 0.05) is 6.61 Å². The lowest BCUT2D eigenvalue weighted by atomic mass is 9.92. The van der Waals surface area contributed by atoms with Gasteiger partial charge in [0.15, 0.2) is 5.54 Å². The molecule has 0 fully saturated rings. The third kappa shape index (κ3) is 3.55. The molecule has 0 aliphatic carbocycles. The summed E-state index contributed by atoms with van der Waals surface area (Å²) in [7, 11) is 0. The Bertz CT molecular complexity index is 367. The van der Waals surface area contributed by atoms with Crippen LogP contribution >= 0.6 is 0 Å². The molecule has 0 saturated carbocycles. The summed E-state index contributed by atoms with van der Waals surface area (Å²) in [4.78, 5) is 12.0. The monoisotopic (exact) mass is 251 g/mol. The predicted octanol–water partition coefficient (Wildman–Crippen LogP) is 1.83. The van der Waals surface area contributed by atoms with Crippen LogP contribution in [0.25, 0.3) is 0 Å². The van der Waals surface area contributed by atoms with Crippen LogP contribution in [0, 0.1) is 0 Å². The lowest BCUT2D eigenvalue weighted by Crippen LogP contribution is -2.50. The highest BCUT2D eigenvalue weighted by Gasteiger charge is 2.37. The van der Waals surface area contributed by atoms with Gasteiger partial charge in [-0.05, 0) is 18.9 Å². The number of ether oxygens (including phenoxy) is 2. The zero-order valence-electron chi connectivity index (χ0n) is 11.0. The van der Waals surface area contributed by atoms with Gasteiger partial charge in [-0.15, -0.1) is 0 Å². The van der Waals surface area contributed by atoms with Gasteiger partial charge >= 0.3 is 5.97 Å². The van der Waals surface area contributed by atoms with E-state index in [1.807, 2.05) is 37.3 Å². The van der Waals surface area contributed by atoms with Gasteiger partial charge in [-0.3, -0.25) is 0 Å². The molecule has 4 nitrogen and oxygen atoms in total. The SMILES string of the molecule is CCCOCC(N)(C(=O)OCC)c1ccccc1. The van der Waals surface area contributed by atoms with Crippen LogP contribution in [0.15, 0.2) is 30.3 Å². The number of carbonyl (C=O) groups excluding carboxylic acids is 1. The standard InChI is InChI=1S/C14H21NO3/c1-3-10-17-11-14(15,13(16)18-4-2)12-8-6-5-7-9-12/h5-9H,3-4,10-11,15H2,1-2H3. The maximum absolute atomic E-state index is 12.0. The van der Waals surface area contributed by atoms with E-state index >= 15 is 0 Å². The van der Waals surface area contributed by atoms with Gasteiger partial charge in [-0.2, -0.15) is 0 Å². The van der Waals surface area contributed by atoms with Gasteiger partial charge in [0.2, 0.25) is 0 Å². The lowest BCUT2D eigenvalue weighted by Gasteiger charge is -2.27. The minimum atomic E-state index is -1.23. The van der Waals surface area contributed by atoms with Crippen molar-refractivity contribution < 1.29 is 14.3 Å². The summed E-state index contributed by atoms with van der Waals surface area (Å²) < 4.78 is 10.5. The number of hydrogen-bond acceptors (Lipinski definition) is 4. The summed E-state index contributed by atoms with van der Waals surface area (Å²) in [5, 5.41) is 0. The average molecular weight is 251 g/mol. The van der Waals surface area contributed by atoms with Crippen molar-refractivity contribution in [3.8, 4) is 0 Å². The molecule has 1 atom stereocenters. The second-order valence-electron chi connectivity index (χ2n) is 4.11. The Labute approximate surface area is 108 Å². The van der Waals surface area contributed by atoms with E-state index in [0.717, 1.165) is 6.42 Å². The lowest BCUT2D eigenvalue weighted by molar-refractivity contribution is -0.152. The first-order chi connectivity index (χ1) is 8.65. The van der Waals surface area contributed by atoms with Crippen LogP contribution in [0.4, 0.5) is 0 Å². The number of carbonyl (C=O) groups is 1. The van der Waals surface area contributed by atoms with Crippen LogP contribution in [-0.2, 0) is 19.8 Å². The smallest absolute Gasteiger partial charge is 0.333 e. The van der Waals surface area contributed by atoms with Crippen LogP contribution in [0.3, 0.4) is 0 Å². The zero-order chi connectivity index (χ0) is 13.4. The van der Waals surface area contributed by atoms with Crippen molar-refractivity contribution >= 4 is 5.97 Å². The normalized spacial score (nSPS) is 13.9. The Hall–Kier alpha value is -1.39. The fourth-order valence-corrected chi connectivity index (χ4v) is 1.63. The molecule has 0 aliphatic rings. The first kappa shape index (κ1) is 14.7. The average Bonchev–Trinajstić information content (AvgIpc) is 2.40. The van der Waals surface area contributed by atoms with Crippen LogP contribution in [0.1, 0.15) is 25.8 Å². The van der Waals surface area contributed by atoms with E-state index in [9.17, 15) is 4.79 Å². The first-order valence-electron chi connectivity index (χ1n) is 6.24. The van der Waals surface area contributed by atoms with E-state index in [0.29, 0.717) is 18.8 Å². The van der Waals surface area contributed by atoms with Gasteiger partial charge in [0.1, 0.15) is 0 Å². The molecule has 0 saturated heterocycles. The zero-order valence-corrected chi connectivity index (χ0v) is 11.0. The Morgan fingerprint density at radius 1 is 1.28 bits per heavy atom. The van der Waals surface area contributed by atoms with Gasteiger partial charge in [0.25, 0.3) is 0 Å². The number of esters is 1. The van der Waals surface area contributed by atoms with Gasteiger partial charge < -0.3 is 15.2 Å². The first-order valence-corrected chi connectivity index (χ1v) is 6.24. The maximum atomic E-state index is 12.0. The van der Waals surface area contributed by atoms with Crippen molar-refractivity contribution in [3.05, 3.63) is 35.9 Å². The quantitative estimate of drug-likeness (QED) is 0.593. The Morgan fingerprint density at radius 2 is 1.94 bits per heavy atom. The highest BCUT2D eigenvalue weighted by atomic mass is 16.5. The Balaban J connectivity index is 2.90. The van der Waals surface area contributed by atoms with E-state index < -0.39 is 11.5 Å². The summed E-state index contributed by atoms with van der Waals surface area (Å²) in [6.45, 7) is 4.77. The molecule has 18 heavy (non-hydrogen) atoms. The number of benzene rings is 1. The maximum Gasteiger partial charge on any atom is 0.333 e. The van der Waals surface area contributed by atoms with E-state index in [2.05, 4.69) is 0 Å². The minimum Gasteiger partial charge on any atom is -0.464 e. The third-order valence-corrected chi connectivity index (χ3v) is 2.61. The number of hydrogen-bond donors (Lipinski definition) is 1. The van der Waals surface area contributed by atoms with E-state index in [1.54, 1.807) is 6.92 Å². The largest absolute Gasteiger partial charge is 0.464 e. The molecule has 0 bridgehead atoms. The third-order valence-electron chi connectivity index (χ3n) is 2.61. The predicted molar refractivity (Wildman–Crippen MR) is 70.1 cm³/mol. The number of rotatable bonds is 7. The molecule has 1 unspecified atom stereocenters. The van der Waals surface area contributed by atoms with Crippen molar-refractivity contribution in [1.82, 2.24) is 0 Å². The topological polar surface area (TPSA) is 61.5 Å². The molecule has 1 aromatic rings. The molecule has 0 radical (unpaired) electrons. The second kappa shape index (κ2) is 7.13. The molecule has 2 N–H and O–H groups in total. The molecular weight excluding hydrogens is 230 g/mol.